The molecule has 6 heteroatoms. The van der Waals surface area contributed by atoms with E-state index in [1.165, 1.54) is 0 Å². The molecule has 9 rings (SSSR count). The molecular formula is C40H29N4OP. The van der Waals surface area contributed by atoms with Gasteiger partial charge in [-0.1, -0.05) is 110 Å². The number of para-hydroxylation sites is 4. The zero-order valence-corrected chi connectivity index (χ0v) is 26.1. The van der Waals surface area contributed by atoms with Crippen molar-refractivity contribution in [3.05, 3.63) is 151 Å². The summed E-state index contributed by atoms with van der Waals surface area (Å²) in [5.74, 6) is 1.85. The van der Waals surface area contributed by atoms with Crippen LogP contribution in [-0.2, 0) is 11.0 Å². The summed E-state index contributed by atoms with van der Waals surface area (Å²) in [5.41, 5.74) is 8.80. The second-order valence-corrected chi connectivity index (χ2v) is 14.3. The van der Waals surface area contributed by atoms with Crippen molar-refractivity contribution in [2.45, 2.75) is 13.3 Å². The molecule has 2 aromatic heterocycles. The van der Waals surface area contributed by atoms with E-state index < -0.39 is 7.14 Å². The highest BCUT2D eigenvalue weighted by atomic mass is 31.2. The van der Waals surface area contributed by atoms with Crippen molar-refractivity contribution in [2.75, 3.05) is 0 Å². The third-order valence-electron chi connectivity index (χ3n) is 9.10. The molecular weight excluding hydrogens is 583 g/mol. The topological polar surface area (TPSA) is 52.7 Å². The van der Waals surface area contributed by atoms with Gasteiger partial charge in [0.15, 0.2) is 7.14 Å². The summed E-state index contributed by atoms with van der Waals surface area (Å²) in [5, 5.41) is 2.53. The first-order chi connectivity index (χ1) is 22.7. The Bertz CT molecular complexity index is 2480. The minimum Gasteiger partial charge on any atom is -0.308 e. The van der Waals surface area contributed by atoms with Crippen LogP contribution in [0, 0.1) is 0 Å². The molecule has 0 fully saturated rings. The van der Waals surface area contributed by atoms with Crippen molar-refractivity contribution in [3.63, 3.8) is 0 Å². The van der Waals surface area contributed by atoms with Crippen LogP contribution in [-0.4, -0.2) is 19.1 Å². The van der Waals surface area contributed by atoms with Gasteiger partial charge in [0, 0.05) is 28.3 Å². The summed E-state index contributed by atoms with van der Waals surface area (Å²) in [4.78, 5) is 10.1. The van der Waals surface area contributed by atoms with Crippen LogP contribution in [0.4, 0.5) is 0 Å². The Morgan fingerprint density at radius 3 is 2.07 bits per heavy atom. The van der Waals surface area contributed by atoms with Crippen LogP contribution in [0.25, 0.3) is 56.0 Å². The summed E-state index contributed by atoms with van der Waals surface area (Å²) < 4.78 is 20.3. The zero-order chi connectivity index (χ0) is 30.8. The molecule has 0 saturated heterocycles. The van der Waals surface area contributed by atoms with Gasteiger partial charge in [0.25, 0.3) is 0 Å². The van der Waals surface area contributed by atoms with Gasteiger partial charge in [-0.25, -0.2) is 9.97 Å². The van der Waals surface area contributed by atoms with Gasteiger partial charge in [0.1, 0.15) is 11.6 Å². The standard InChI is InChI=1S/C40H29N4OP/c1-2-37-41-33-26-25-31(39-38(33)44(37)35-19-11-12-20-36(35)46(39,45)30-15-7-4-8-16-30)27-21-23-28(24-22-27)40-42-32-17-9-10-18-34(32)43(40)29-13-5-3-6-14-29/h3-26H,2H2,1H3. The second-order valence-electron chi connectivity index (χ2n) is 11.7. The number of benzene rings is 6. The molecule has 0 bridgehead atoms. The molecule has 0 spiro atoms. The predicted molar refractivity (Wildman–Crippen MR) is 189 cm³/mol. The van der Waals surface area contributed by atoms with E-state index in [0.717, 1.165) is 84.1 Å². The number of hydrogen-bond donors (Lipinski definition) is 0. The summed E-state index contributed by atoms with van der Waals surface area (Å²) in [6, 6.07) is 49.4. The van der Waals surface area contributed by atoms with Gasteiger partial charge in [0.2, 0.25) is 0 Å². The van der Waals surface area contributed by atoms with Crippen molar-refractivity contribution >= 4 is 45.1 Å². The maximum atomic E-state index is 15.9. The van der Waals surface area contributed by atoms with Gasteiger partial charge in [-0.2, -0.15) is 0 Å². The summed E-state index contributed by atoms with van der Waals surface area (Å²) >= 11 is 0. The average Bonchev–Trinajstić information content (AvgIpc) is 3.70. The smallest absolute Gasteiger partial charge is 0.175 e. The summed E-state index contributed by atoms with van der Waals surface area (Å²) in [6.07, 6.45) is 0.768. The van der Waals surface area contributed by atoms with Crippen LogP contribution >= 0.6 is 7.14 Å². The predicted octanol–water partition coefficient (Wildman–Crippen LogP) is 8.21. The lowest BCUT2D eigenvalue weighted by Crippen LogP contribution is -2.34. The molecule has 8 aromatic rings. The molecule has 5 nitrogen and oxygen atoms in total. The van der Waals surface area contributed by atoms with Crippen molar-refractivity contribution < 1.29 is 4.57 Å². The van der Waals surface area contributed by atoms with E-state index in [0.29, 0.717) is 0 Å². The second kappa shape index (κ2) is 10.3. The third-order valence-corrected chi connectivity index (χ3v) is 12.3. The minimum atomic E-state index is -3.28. The number of fused-ring (bicyclic) bond motifs is 3. The zero-order valence-electron chi connectivity index (χ0n) is 25.2. The van der Waals surface area contributed by atoms with Crippen LogP contribution in [0.1, 0.15) is 12.7 Å². The molecule has 1 atom stereocenters. The summed E-state index contributed by atoms with van der Waals surface area (Å²) in [7, 11) is -3.28. The minimum absolute atomic E-state index is 0.768. The lowest BCUT2D eigenvalue weighted by atomic mass is 10.0. The average molecular weight is 613 g/mol. The van der Waals surface area contributed by atoms with Gasteiger partial charge in [-0.05, 0) is 53.6 Å². The SMILES string of the molecule is CCc1nc2ccc(-c3ccc(-c4nc5ccccc5n4-c4ccccc4)cc3)c3c2n1-c1ccccc1P3(=O)c1ccccc1. The number of nitrogens with zero attached hydrogens (tertiary/aromatic N) is 4. The van der Waals surface area contributed by atoms with E-state index in [4.69, 9.17) is 9.97 Å². The molecule has 1 unspecified atom stereocenters. The Morgan fingerprint density at radius 1 is 0.609 bits per heavy atom. The van der Waals surface area contributed by atoms with Crippen LogP contribution in [0.2, 0.25) is 0 Å². The molecule has 46 heavy (non-hydrogen) atoms. The van der Waals surface area contributed by atoms with Gasteiger partial charge in [-0.3, -0.25) is 9.13 Å². The Hall–Kier alpha value is -5.51. The number of rotatable bonds is 5. The number of imidazole rings is 2. The molecule has 0 N–H and O–H groups in total. The maximum Gasteiger partial charge on any atom is 0.175 e. The van der Waals surface area contributed by atoms with Gasteiger partial charge >= 0.3 is 0 Å². The van der Waals surface area contributed by atoms with Crippen molar-refractivity contribution in [2.24, 2.45) is 0 Å². The molecule has 220 valence electrons. The Kier molecular flexibility index (Phi) is 5.99. The maximum absolute atomic E-state index is 15.9. The van der Waals surface area contributed by atoms with Crippen LogP contribution in [0.5, 0.6) is 0 Å². The lowest BCUT2D eigenvalue weighted by Gasteiger charge is -2.31. The number of aromatic nitrogens is 4. The van der Waals surface area contributed by atoms with E-state index >= 15 is 4.57 Å². The molecule has 0 radical (unpaired) electrons. The van der Waals surface area contributed by atoms with E-state index in [2.05, 4.69) is 101 Å². The van der Waals surface area contributed by atoms with E-state index in [-0.39, 0.29) is 0 Å². The van der Waals surface area contributed by atoms with Gasteiger partial charge in [-0.15, -0.1) is 0 Å². The Morgan fingerprint density at radius 2 is 1.28 bits per heavy atom. The van der Waals surface area contributed by atoms with E-state index in [9.17, 15) is 0 Å². The normalized spacial score (nSPS) is 15.3. The molecule has 0 saturated carbocycles. The summed E-state index contributed by atoms with van der Waals surface area (Å²) in [6.45, 7) is 2.13. The highest BCUT2D eigenvalue weighted by Crippen LogP contribution is 2.51. The highest BCUT2D eigenvalue weighted by Gasteiger charge is 2.41. The molecule has 1 aliphatic rings. The fraction of sp³-hybridized carbons (Fsp3) is 0.0500. The quantitative estimate of drug-likeness (QED) is 0.184. The highest BCUT2D eigenvalue weighted by molar-refractivity contribution is 7.86. The van der Waals surface area contributed by atoms with Crippen LogP contribution < -0.4 is 15.9 Å². The lowest BCUT2D eigenvalue weighted by molar-refractivity contribution is 0.592. The number of hydrogen-bond acceptors (Lipinski definition) is 3. The molecule has 1 aliphatic heterocycles. The Labute approximate surface area is 266 Å². The molecule has 6 aromatic carbocycles. The van der Waals surface area contributed by atoms with Gasteiger partial charge < -0.3 is 4.57 Å². The number of aryl methyl sites for hydroxylation is 1. The fourth-order valence-electron chi connectivity index (χ4n) is 7.05. The molecule has 0 aliphatic carbocycles. The van der Waals surface area contributed by atoms with E-state index in [1.807, 2.05) is 60.7 Å². The van der Waals surface area contributed by atoms with Crippen LogP contribution in [0.3, 0.4) is 0 Å². The largest absolute Gasteiger partial charge is 0.308 e. The van der Waals surface area contributed by atoms with Crippen molar-refractivity contribution in [3.8, 4) is 33.9 Å². The van der Waals surface area contributed by atoms with Crippen molar-refractivity contribution in [1.82, 2.24) is 19.1 Å². The molecule has 3 heterocycles. The fourth-order valence-corrected chi connectivity index (χ4v) is 10.3. The molecule has 0 amide bonds. The Balaban J connectivity index is 1.28. The first-order valence-electron chi connectivity index (χ1n) is 15.6. The van der Waals surface area contributed by atoms with Gasteiger partial charge in [0.05, 0.1) is 33.1 Å². The van der Waals surface area contributed by atoms with E-state index in [1.54, 1.807) is 0 Å². The first-order valence-corrected chi connectivity index (χ1v) is 17.3. The van der Waals surface area contributed by atoms with Crippen LogP contribution in [0.15, 0.2) is 146 Å². The third kappa shape index (κ3) is 3.79. The van der Waals surface area contributed by atoms with Crippen molar-refractivity contribution in [1.29, 1.82) is 0 Å². The monoisotopic (exact) mass is 612 g/mol. The first kappa shape index (κ1) is 26.9.